The van der Waals surface area contributed by atoms with E-state index in [2.05, 4.69) is 44.9 Å². The van der Waals surface area contributed by atoms with Gasteiger partial charge in [-0.05, 0) is 50.1 Å². The molecule has 0 saturated carbocycles. The molecule has 2 bridgehead atoms. The highest BCUT2D eigenvalue weighted by molar-refractivity contribution is 5.81. The summed E-state index contributed by atoms with van der Waals surface area (Å²) in [5, 5.41) is 12.9. The summed E-state index contributed by atoms with van der Waals surface area (Å²) in [6, 6.07) is 12.1. The Kier molecular flexibility index (Phi) is 4.43. The Morgan fingerprint density at radius 1 is 0.969 bits per heavy atom. The van der Waals surface area contributed by atoms with Gasteiger partial charge < -0.3 is 4.90 Å². The first-order valence-corrected chi connectivity index (χ1v) is 11.0. The van der Waals surface area contributed by atoms with Gasteiger partial charge in [-0.3, -0.25) is 4.90 Å². The number of aromatic nitrogens is 5. The van der Waals surface area contributed by atoms with E-state index >= 15 is 0 Å². The first-order valence-electron chi connectivity index (χ1n) is 11.0. The van der Waals surface area contributed by atoms with Crippen molar-refractivity contribution in [3.05, 3.63) is 60.8 Å². The van der Waals surface area contributed by atoms with Crippen molar-refractivity contribution in [2.24, 2.45) is 0 Å². The number of imidazole rings is 1. The molecule has 2 saturated heterocycles. The standard InChI is InChI=1S/C24H24FN7/c1-15(2)30-13-20-9-19(30)14-31(20)23-10-21(16-3-5-18(25)6-4-16)24-26-12-22(32(24)29-23)17-7-8-27-28-11-17/h3-8,10-12,15,19-20H,9,13-14H2,1-2H3/t19-,20-/m0/s1. The molecule has 1 aromatic carbocycles. The van der Waals surface area contributed by atoms with Gasteiger partial charge in [0.2, 0.25) is 0 Å². The Morgan fingerprint density at radius 3 is 2.50 bits per heavy atom. The Morgan fingerprint density at radius 2 is 1.81 bits per heavy atom. The van der Waals surface area contributed by atoms with Gasteiger partial charge >= 0.3 is 0 Å². The molecular formula is C24H24FN7. The zero-order chi connectivity index (χ0) is 21.8. The summed E-state index contributed by atoms with van der Waals surface area (Å²) in [6.07, 6.45) is 6.36. The SMILES string of the molecule is CC(C)N1C[C@@H]2C[C@H]1CN2c1cc(-c2ccc(F)cc2)c2ncc(-c3ccnnc3)n2n1. The Balaban J connectivity index is 1.50. The molecule has 0 amide bonds. The van der Waals surface area contributed by atoms with E-state index in [0.29, 0.717) is 18.1 Å². The topological polar surface area (TPSA) is 62.5 Å². The first kappa shape index (κ1) is 19.3. The molecule has 0 unspecified atom stereocenters. The van der Waals surface area contributed by atoms with E-state index in [0.717, 1.165) is 53.4 Å². The lowest BCUT2D eigenvalue weighted by Gasteiger charge is -2.37. The van der Waals surface area contributed by atoms with E-state index in [1.54, 1.807) is 24.5 Å². The fourth-order valence-corrected chi connectivity index (χ4v) is 5.19. The zero-order valence-electron chi connectivity index (χ0n) is 18.1. The van der Waals surface area contributed by atoms with E-state index in [1.165, 1.54) is 12.1 Å². The average molecular weight is 430 g/mol. The van der Waals surface area contributed by atoms with Crippen molar-refractivity contribution in [1.82, 2.24) is 29.7 Å². The van der Waals surface area contributed by atoms with Crippen LogP contribution in [0, 0.1) is 5.82 Å². The summed E-state index contributed by atoms with van der Waals surface area (Å²) in [4.78, 5) is 9.69. The smallest absolute Gasteiger partial charge is 0.162 e. The van der Waals surface area contributed by atoms with Gasteiger partial charge in [-0.15, -0.1) is 5.10 Å². The Bertz CT molecular complexity index is 1270. The maximum atomic E-state index is 13.6. The van der Waals surface area contributed by atoms with E-state index in [1.807, 2.05) is 16.8 Å². The number of benzene rings is 1. The number of halogens is 1. The molecule has 2 atom stereocenters. The monoisotopic (exact) mass is 429 g/mol. The van der Waals surface area contributed by atoms with Crippen molar-refractivity contribution < 1.29 is 4.39 Å². The number of nitrogens with zero attached hydrogens (tertiary/aromatic N) is 7. The minimum Gasteiger partial charge on any atom is -0.349 e. The van der Waals surface area contributed by atoms with Gasteiger partial charge in [-0.1, -0.05) is 12.1 Å². The highest BCUT2D eigenvalue weighted by atomic mass is 19.1. The summed E-state index contributed by atoms with van der Waals surface area (Å²) in [5.41, 5.74) is 4.34. The van der Waals surface area contributed by atoms with Crippen LogP contribution < -0.4 is 4.90 Å². The summed E-state index contributed by atoms with van der Waals surface area (Å²) in [7, 11) is 0. The molecule has 0 radical (unpaired) electrons. The van der Waals surface area contributed by atoms with Crippen molar-refractivity contribution in [3.63, 3.8) is 0 Å². The number of likely N-dealkylation sites (tertiary alicyclic amines) is 1. The fourth-order valence-electron chi connectivity index (χ4n) is 5.19. The van der Waals surface area contributed by atoms with Crippen LogP contribution in [0.5, 0.6) is 0 Å². The van der Waals surface area contributed by atoms with Crippen molar-refractivity contribution >= 4 is 11.5 Å². The summed E-state index contributed by atoms with van der Waals surface area (Å²) in [5.74, 6) is 0.672. The maximum Gasteiger partial charge on any atom is 0.162 e. The molecule has 2 fully saturated rings. The summed E-state index contributed by atoms with van der Waals surface area (Å²) in [6.45, 7) is 6.55. The second-order valence-corrected chi connectivity index (χ2v) is 8.92. The lowest BCUT2D eigenvalue weighted by molar-refractivity contribution is 0.191. The third-order valence-electron chi connectivity index (χ3n) is 6.73. The van der Waals surface area contributed by atoms with Gasteiger partial charge in [-0.2, -0.15) is 10.2 Å². The molecule has 3 aromatic heterocycles. The summed E-state index contributed by atoms with van der Waals surface area (Å²) >= 11 is 0. The van der Waals surface area contributed by atoms with E-state index in [4.69, 9.17) is 5.10 Å². The van der Waals surface area contributed by atoms with Crippen LogP contribution in [0.4, 0.5) is 10.2 Å². The quantitative estimate of drug-likeness (QED) is 0.493. The van der Waals surface area contributed by atoms with Gasteiger partial charge in [0.25, 0.3) is 0 Å². The largest absolute Gasteiger partial charge is 0.349 e. The first-order chi connectivity index (χ1) is 15.6. The third-order valence-corrected chi connectivity index (χ3v) is 6.73. The molecule has 0 N–H and O–H groups in total. The van der Waals surface area contributed by atoms with E-state index < -0.39 is 0 Å². The van der Waals surface area contributed by atoms with Gasteiger partial charge in [0.05, 0.1) is 24.3 Å². The molecule has 4 aromatic rings. The molecule has 0 spiro atoms. The van der Waals surface area contributed by atoms with Gasteiger partial charge in [0.1, 0.15) is 5.82 Å². The average Bonchev–Trinajstić information content (AvgIpc) is 3.53. The van der Waals surface area contributed by atoms with Crippen LogP contribution in [-0.4, -0.2) is 60.9 Å². The molecule has 162 valence electrons. The number of rotatable bonds is 4. The summed E-state index contributed by atoms with van der Waals surface area (Å²) < 4.78 is 15.5. The van der Waals surface area contributed by atoms with Crippen molar-refractivity contribution in [3.8, 4) is 22.4 Å². The molecule has 32 heavy (non-hydrogen) atoms. The van der Waals surface area contributed by atoms with Crippen molar-refractivity contribution in [2.75, 3.05) is 18.0 Å². The van der Waals surface area contributed by atoms with Crippen LogP contribution >= 0.6 is 0 Å². The van der Waals surface area contributed by atoms with Crippen molar-refractivity contribution in [2.45, 2.75) is 38.4 Å². The second kappa shape index (κ2) is 7.34. The number of anilines is 1. The predicted octanol–water partition coefficient (Wildman–Crippen LogP) is 3.66. The molecule has 0 aliphatic carbocycles. The lowest BCUT2D eigenvalue weighted by atomic mass is 10.1. The molecular weight excluding hydrogens is 405 g/mol. The number of piperazine rings is 1. The minimum absolute atomic E-state index is 0.253. The van der Waals surface area contributed by atoms with Crippen LogP contribution in [0.2, 0.25) is 0 Å². The molecule has 6 rings (SSSR count). The molecule has 2 aliphatic rings. The van der Waals surface area contributed by atoms with E-state index in [9.17, 15) is 4.39 Å². The predicted molar refractivity (Wildman–Crippen MR) is 121 cm³/mol. The molecule has 2 aliphatic heterocycles. The van der Waals surface area contributed by atoms with Crippen LogP contribution in [0.3, 0.4) is 0 Å². The normalized spacial score (nSPS) is 20.7. The highest BCUT2D eigenvalue weighted by Gasteiger charge is 2.44. The Hall–Kier alpha value is -3.39. The highest BCUT2D eigenvalue weighted by Crippen LogP contribution is 2.37. The Labute approximate surface area is 185 Å². The lowest BCUT2D eigenvalue weighted by Crippen LogP contribution is -2.49. The number of hydrogen-bond donors (Lipinski definition) is 0. The van der Waals surface area contributed by atoms with Crippen LogP contribution in [0.15, 0.2) is 55.0 Å². The van der Waals surface area contributed by atoms with Crippen molar-refractivity contribution in [1.29, 1.82) is 0 Å². The maximum absolute atomic E-state index is 13.6. The van der Waals surface area contributed by atoms with E-state index in [-0.39, 0.29) is 5.82 Å². The molecule has 5 heterocycles. The van der Waals surface area contributed by atoms with Crippen LogP contribution in [0.25, 0.3) is 28.0 Å². The van der Waals surface area contributed by atoms with Gasteiger partial charge in [0, 0.05) is 42.3 Å². The number of hydrogen-bond acceptors (Lipinski definition) is 6. The number of fused-ring (bicyclic) bond motifs is 3. The van der Waals surface area contributed by atoms with Gasteiger partial charge in [0.15, 0.2) is 11.5 Å². The fraction of sp³-hybridized carbons (Fsp3) is 0.333. The van der Waals surface area contributed by atoms with Crippen LogP contribution in [0.1, 0.15) is 20.3 Å². The minimum atomic E-state index is -0.253. The third kappa shape index (κ3) is 3.05. The zero-order valence-corrected chi connectivity index (χ0v) is 18.1. The molecule has 7 nitrogen and oxygen atoms in total. The van der Waals surface area contributed by atoms with Gasteiger partial charge in [-0.25, -0.2) is 13.9 Å². The second-order valence-electron chi connectivity index (χ2n) is 8.92. The molecule has 8 heteroatoms. The van der Waals surface area contributed by atoms with Crippen LogP contribution in [-0.2, 0) is 0 Å².